The highest BCUT2D eigenvalue weighted by Crippen LogP contribution is 2.34. The number of alkyl carbamates (subject to hydrolysis) is 1. The van der Waals surface area contributed by atoms with Crippen LogP contribution in [0.2, 0.25) is 0 Å². The molecule has 0 aliphatic heterocycles. The molecule has 0 spiro atoms. The van der Waals surface area contributed by atoms with Crippen LogP contribution in [0.15, 0.2) is 12.1 Å². The zero-order chi connectivity index (χ0) is 27.8. The van der Waals surface area contributed by atoms with Crippen molar-refractivity contribution in [3.8, 4) is 0 Å². The average molecular weight is 473 g/mol. The van der Waals surface area contributed by atoms with Gasteiger partial charge in [0.05, 0.1) is 15.9 Å². The van der Waals surface area contributed by atoms with Crippen molar-refractivity contribution in [1.29, 1.82) is 0 Å². The van der Waals surface area contributed by atoms with Gasteiger partial charge in [-0.3, -0.25) is 20.2 Å². The van der Waals surface area contributed by atoms with Gasteiger partial charge in [-0.2, -0.15) is 0 Å². The number of nitrogens with one attached hydrogen (secondary N) is 2. The van der Waals surface area contributed by atoms with Gasteiger partial charge in [0, 0.05) is 22.8 Å². The summed E-state index contributed by atoms with van der Waals surface area (Å²) < 4.78 is 27.4. The highest BCUT2D eigenvalue weighted by molar-refractivity contribution is 5.80. The number of nitro groups is 2. The van der Waals surface area contributed by atoms with Gasteiger partial charge in [0.1, 0.15) is 17.3 Å². The van der Waals surface area contributed by atoms with Gasteiger partial charge in [-0.25, -0.2) is 9.59 Å². The van der Waals surface area contributed by atoms with Gasteiger partial charge in [0.25, 0.3) is 11.4 Å². The summed E-state index contributed by atoms with van der Waals surface area (Å²) >= 11 is 0. The fourth-order valence-corrected chi connectivity index (χ4v) is 2.86. The van der Waals surface area contributed by atoms with Gasteiger partial charge in [-0.05, 0) is 60.1 Å². The smallest absolute Gasteiger partial charge is 0.407 e. The molecule has 0 aliphatic rings. The summed E-state index contributed by atoms with van der Waals surface area (Å²) in [7, 11) is 1.20. The maximum Gasteiger partial charge on any atom is 0.407 e. The Kier molecular flexibility index (Phi) is 8.22. The summed E-state index contributed by atoms with van der Waals surface area (Å²) in [5, 5.41) is 37.7. The molecule has 0 unspecified atom stereocenters. The number of nitrogens with zero attached hydrogens (tertiary/aromatic N) is 3. The molecule has 3 N–H and O–H groups in total. The van der Waals surface area contributed by atoms with Crippen LogP contribution in [0.3, 0.4) is 0 Å². The van der Waals surface area contributed by atoms with Crippen LogP contribution in [0.25, 0.3) is 0 Å². The Labute approximate surface area is 195 Å². The lowest BCUT2D eigenvalue weighted by Gasteiger charge is -2.20. The Morgan fingerprint density at radius 3 is 2.36 bits per heavy atom. The van der Waals surface area contributed by atoms with Gasteiger partial charge in [-0.1, -0.05) is 0 Å². The van der Waals surface area contributed by atoms with E-state index >= 15 is 0 Å². The zero-order valence-electron chi connectivity index (χ0n) is 21.9. The zero-order valence-corrected chi connectivity index (χ0v) is 18.9. The second-order valence-electron chi connectivity index (χ2n) is 8.33. The fourth-order valence-electron chi connectivity index (χ4n) is 2.86. The fraction of sp³-hybridized carbons (Fsp3) is 0.600. The van der Waals surface area contributed by atoms with E-state index in [4.69, 9.17) is 8.85 Å². The molecule has 0 fully saturated rings. The minimum atomic E-state index is -2.58. The molecule has 0 heterocycles. The van der Waals surface area contributed by atoms with Crippen molar-refractivity contribution in [2.75, 3.05) is 25.9 Å². The lowest BCUT2D eigenvalue weighted by atomic mass is 10.1. The summed E-state index contributed by atoms with van der Waals surface area (Å²) in [4.78, 5) is 45.5. The molecular weight excluding hydrogens is 438 g/mol. The number of hydrogen-bond acceptors (Lipinski definition) is 9. The number of unbranched alkanes of at least 4 members (excludes halogenated alkanes) is 1. The number of carbonyl (C=O) groups is 2. The number of nitro benzene ring substituents is 2. The molecule has 33 heavy (non-hydrogen) atoms. The van der Waals surface area contributed by atoms with Crippen LogP contribution in [0, 0.1) is 20.2 Å². The Hall–Kier alpha value is -3.48. The molecule has 0 saturated heterocycles. The summed E-state index contributed by atoms with van der Waals surface area (Å²) in [5.41, 5.74) is -2.49. The van der Waals surface area contributed by atoms with E-state index in [1.165, 1.54) is 7.05 Å². The predicted molar refractivity (Wildman–Crippen MR) is 120 cm³/mol. The number of benzene rings is 1. The number of amides is 1. The number of ether oxygens (including phenoxy) is 1. The summed E-state index contributed by atoms with van der Waals surface area (Å²) in [6, 6.07) is 0.410. The van der Waals surface area contributed by atoms with Crippen LogP contribution in [0.1, 0.15) is 49.7 Å². The average Bonchev–Trinajstić information content (AvgIpc) is 2.70. The van der Waals surface area contributed by atoms with Crippen molar-refractivity contribution in [2.24, 2.45) is 0 Å². The normalized spacial score (nSPS) is 13.9. The summed E-state index contributed by atoms with van der Waals surface area (Å²) in [6.45, 7) is 2.32. The molecule has 1 aromatic carbocycles. The number of aliphatic carboxylic acids is 1. The minimum Gasteiger partial charge on any atom is -0.480 e. The first-order valence-electron chi connectivity index (χ1n) is 11.6. The molecule has 0 bridgehead atoms. The number of rotatable bonds is 12. The van der Waals surface area contributed by atoms with Crippen molar-refractivity contribution in [3.05, 3.63) is 37.9 Å². The van der Waals surface area contributed by atoms with Crippen molar-refractivity contribution in [2.45, 2.75) is 58.2 Å². The van der Waals surface area contributed by atoms with Crippen LogP contribution in [0.4, 0.5) is 21.9 Å². The Bertz CT molecular complexity index is 981. The first kappa shape index (κ1) is 22.7. The number of anilines is 1. The van der Waals surface area contributed by atoms with Crippen LogP contribution in [0.5, 0.6) is 0 Å². The van der Waals surface area contributed by atoms with E-state index in [0.717, 1.165) is 11.0 Å². The minimum absolute atomic E-state index is 0.0178. The summed E-state index contributed by atoms with van der Waals surface area (Å²) in [5.74, 6) is -1.32. The lowest BCUT2D eigenvalue weighted by Crippen LogP contribution is -2.33. The molecule has 1 amide bonds. The topological polar surface area (TPSA) is 177 Å². The van der Waals surface area contributed by atoms with Crippen molar-refractivity contribution in [3.63, 3.8) is 0 Å². The van der Waals surface area contributed by atoms with E-state index in [-0.39, 0.29) is 24.2 Å². The molecule has 13 heteroatoms. The van der Waals surface area contributed by atoms with Crippen LogP contribution < -0.4 is 10.6 Å². The molecule has 1 aromatic rings. The van der Waals surface area contributed by atoms with Gasteiger partial charge >= 0.3 is 12.1 Å². The van der Waals surface area contributed by atoms with Gasteiger partial charge in [0.15, 0.2) is 0 Å². The van der Waals surface area contributed by atoms with E-state index in [1.807, 2.05) is 0 Å². The van der Waals surface area contributed by atoms with Crippen LogP contribution in [-0.2, 0) is 16.1 Å². The second kappa shape index (κ2) is 11.9. The van der Waals surface area contributed by atoms with E-state index < -0.39 is 58.4 Å². The van der Waals surface area contributed by atoms with Crippen LogP contribution >= 0.6 is 0 Å². The monoisotopic (exact) mass is 472 g/mol. The highest BCUT2D eigenvalue weighted by Gasteiger charge is 2.27. The third-order valence-electron chi connectivity index (χ3n) is 4.21. The third-order valence-corrected chi connectivity index (χ3v) is 4.21. The standard InChI is InChI=1S/C20H31N5O8/c1-20(2,3)33-19(28)21-9-7-6-8-14(18(26)27)22-15-10-13(12-23(4)5)16(24(29)30)11-17(15)25(31)32/h10-11,14,22H,6-9,12H2,1-5H3,(H,21,28)(H,26,27)/t14-/m0/s1/i4D3. The van der Waals surface area contributed by atoms with Crippen molar-refractivity contribution >= 4 is 29.1 Å². The molecule has 0 aromatic heterocycles. The van der Waals surface area contributed by atoms with Gasteiger partial charge in [0.2, 0.25) is 0 Å². The number of hydrogen-bond donors (Lipinski definition) is 3. The van der Waals surface area contributed by atoms with Crippen molar-refractivity contribution in [1.82, 2.24) is 10.2 Å². The third kappa shape index (κ3) is 9.68. The van der Waals surface area contributed by atoms with E-state index in [9.17, 15) is 34.9 Å². The SMILES string of the molecule is [2H]C([2H])([2H])N(C)Cc1cc(N[C@@H](CCCCNC(=O)OC(C)(C)C)C(=O)O)c([N+](=O)[O-])cc1[N+](=O)[O-]. The highest BCUT2D eigenvalue weighted by atomic mass is 16.6. The van der Waals surface area contributed by atoms with E-state index in [1.54, 1.807) is 20.8 Å². The van der Waals surface area contributed by atoms with E-state index in [2.05, 4.69) is 10.6 Å². The number of carboxylic acid groups (broad SMARTS) is 1. The predicted octanol–water partition coefficient (Wildman–Crippen LogP) is 3.12. The molecule has 0 aliphatic carbocycles. The maximum atomic E-state index is 11.8. The Morgan fingerprint density at radius 1 is 1.21 bits per heavy atom. The maximum absolute atomic E-state index is 11.8. The van der Waals surface area contributed by atoms with Crippen molar-refractivity contribution < 1.29 is 33.4 Å². The van der Waals surface area contributed by atoms with Crippen LogP contribution in [-0.4, -0.2) is 64.1 Å². The number of carboxylic acids is 1. The molecule has 1 atom stereocenters. The molecule has 184 valence electrons. The number of carbonyl (C=O) groups excluding carboxylic acids is 1. The van der Waals surface area contributed by atoms with Gasteiger partial charge in [-0.15, -0.1) is 0 Å². The first-order valence-corrected chi connectivity index (χ1v) is 10.1. The second-order valence-corrected chi connectivity index (χ2v) is 8.33. The van der Waals surface area contributed by atoms with Gasteiger partial charge < -0.3 is 25.4 Å². The molecular formula is C20H31N5O8. The quantitative estimate of drug-likeness (QED) is 0.232. The molecule has 0 radical (unpaired) electrons. The summed E-state index contributed by atoms with van der Waals surface area (Å²) in [6.07, 6.45) is 0.104. The Balaban J connectivity index is 3.04. The Morgan fingerprint density at radius 2 is 1.85 bits per heavy atom. The molecule has 13 nitrogen and oxygen atoms in total. The molecule has 1 rings (SSSR count). The largest absolute Gasteiger partial charge is 0.480 e. The lowest BCUT2D eigenvalue weighted by molar-refractivity contribution is -0.394. The first-order chi connectivity index (χ1) is 16.4. The van der Waals surface area contributed by atoms with E-state index in [0.29, 0.717) is 18.9 Å². The molecule has 0 saturated carbocycles.